The maximum absolute atomic E-state index is 14.1. The number of halogens is 2. The van der Waals surface area contributed by atoms with Crippen molar-refractivity contribution in [3.63, 3.8) is 0 Å². The van der Waals surface area contributed by atoms with Crippen LogP contribution in [0.4, 0.5) is 4.39 Å². The number of methoxy groups -OCH3 is 1. The average Bonchev–Trinajstić information content (AvgIpc) is 2.93. The molecule has 2 aromatic carbocycles. The number of benzene rings is 2. The third-order valence-corrected chi connectivity index (χ3v) is 3.99. The Kier molecular flexibility index (Phi) is 3.64. The first kappa shape index (κ1) is 13.4. The molecule has 1 heterocycles. The van der Waals surface area contributed by atoms with Crippen molar-refractivity contribution in [2.45, 2.75) is 18.6 Å². The van der Waals surface area contributed by atoms with Crippen LogP contribution < -0.4 is 4.74 Å². The molecule has 0 bridgehead atoms. The van der Waals surface area contributed by atoms with Crippen molar-refractivity contribution >= 4 is 11.6 Å². The lowest BCUT2D eigenvalue weighted by Gasteiger charge is -2.16. The number of rotatable bonds is 3. The zero-order valence-corrected chi connectivity index (χ0v) is 11.8. The van der Waals surface area contributed by atoms with E-state index >= 15 is 0 Å². The summed E-state index contributed by atoms with van der Waals surface area (Å²) in [5.41, 5.74) is 3.50. The van der Waals surface area contributed by atoms with Crippen molar-refractivity contribution in [3.8, 4) is 5.75 Å². The number of fused-ring (bicyclic) bond motifs is 1. The SMILES string of the molecule is COc1cccc(F)c1C(Cl)c1ccc2c(c1)COC2. The van der Waals surface area contributed by atoms with Crippen LogP contribution in [-0.4, -0.2) is 7.11 Å². The number of hydrogen-bond donors (Lipinski definition) is 0. The highest BCUT2D eigenvalue weighted by atomic mass is 35.5. The largest absolute Gasteiger partial charge is 0.496 e. The summed E-state index contributed by atoms with van der Waals surface area (Å²) >= 11 is 6.46. The minimum absolute atomic E-state index is 0.360. The van der Waals surface area contributed by atoms with Crippen molar-refractivity contribution in [3.05, 3.63) is 64.5 Å². The van der Waals surface area contributed by atoms with Gasteiger partial charge in [0.1, 0.15) is 11.6 Å². The maximum Gasteiger partial charge on any atom is 0.131 e. The van der Waals surface area contributed by atoms with Gasteiger partial charge in [0.15, 0.2) is 0 Å². The van der Waals surface area contributed by atoms with Gasteiger partial charge in [-0.2, -0.15) is 0 Å². The van der Waals surface area contributed by atoms with E-state index in [4.69, 9.17) is 21.1 Å². The molecule has 0 amide bonds. The molecule has 0 spiro atoms. The zero-order chi connectivity index (χ0) is 14.1. The Hall–Kier alpha value is -1.58. The van der Waals surface area contributed by atoms with Gasteiger partial charge in [0, 0.05) is 0 Å². The van der Waals surface area contributed by atoms with E-state index in [1.165, 1.54) is 13.2 Å². The van der Waals surface area contributed by atoms with E-state index in [0.29, 0.717) is 24.5 Å². The van der Waals surface area contributed by atoms with Gasteiger partial charge in [-0.15, -0.1) is 11.6 Å². The molecule has 1 atom stereocenters. The molecule has 0 saturated heterocycles. The highest BCUT2D eigenvalue weighted by Gasteiger charge is 2.22. The molecule has 1 aliphatic rings. The minimum atomic E-state index is -0.586. The van der Waals surface area contributed by atoms with Gasteiger partial charge in [0.25, 0.3) is 0 Å². The van der Waals surface area contributed by atoms with Crippen molar-refractivity contribution < 1.29 is 13.9 Å². The molecule has 1 unspecified atom stereocenters. The van der Waals surface area contributed by atoms with Crippen LogP contribution in [0.25, 0.3) is 0 Å². The van der Waals surface area contributed by atoms with Crippen LogP contribution in [0.15, 0.2) is 36.4 Å². The molecule has 0 aromatic heterocycles. The molecule has 3 rings (SSSR count). The third-order valence-electron chi connectivity index (χ3n) is 3.52. The molecule has 104 valence electrons. The van der Waals surface area contributed by atoms with E-state index in [1.807, 2.05) is 18.2 Å². The minimum Gasteiger partial charge on any atom is -0.496 e. The lowest BCUT2D eigenvalue weighted by Crippen LogP contribution is -2.01. The fourth-order valence-electron chi connectivity index (χ4n) is 2.46. The van der Waals surface area contributed by atoms with Crippen LogP contribution in [-0.2, 0) is 18.0 Å². The predicted molar refractivity (Wildman–Crippen MR) is 75.6 cm³/mol. The summed E-state index contributed by atoms with van der Waals surface area (Å²) in [4.78, 5) is 0. The maximum atomic E-state index is 14.1. The Labute approximate surface area is 122 Å². The van der Waals surface area contributed by atoms with Crippen LogP contribution in [0.3, 0.4) is 0 Å². The van der Waals surface area contributed by atoms with Crippen LogP contribution in [0.1, 0.15) is 27.6 Å². The summed E-state index contributed by atoms with van der Waals surface area (Å²) in [5, 5.41) is -0.586. The summed E-state index contributed by atoms with van der Waals surface area (Å²) in [7, 11) is 1.51. The quantitative estimate of drug-likeness (QED) is 0.790. The van der Waals surface area contributed by atoms with Crippen molar-refractivity contribution in [2.75, 3.05) is 7.11 Å². The molecule has 0 N–H and O–H groups in total. The fourth-order valence-corrected chi connectivity index (χ4v) is 2.80. The molecule has 0 saturated carbocycles. The monoisotopic (exact) mass is 292 g/mol. The van der Waals surface area contributed by atoms with Gasteiger partial charge < -0.3 is 9.47 Å². The highest BCUT2D eigenvalue weighted by Crippen LogP contribution is 2.38. The van der Waals surface area contributed by atoms with Crippen LogP contribution in [0, 0.1) is 5.82 Å². The van der Waals surface area contributed by atoms with Crippen LogP contribution in [0.5, 0.6) is 5.75 Å². The molecule has 0 radical (unpaired) electrons. The number of hydrogen-bond acceptors (Lipinski definition) is 2. The lowest BCUT2D eigenvalue weighted by molar-refractivity contribution is 0.134. The fraction of sp³-hybridized carbons (Fsp3) is 0.250. The second-order valence-corrected chi connectivity index (χ2v) is 5.18. The first-order chi connectivity index (χ1) is 9.70. The van der Waals surface area contributed by atoms with E-state index in [2.05, 4.69) is 0 Å². The summed E-state index contributed by atoms with van der Waals surface area (Å²) < 4.78 is 24.7. The first-order valence-electron chi connectivity index (χ1n) is 6.36. The Balaban J connectivity index is 2.02. The molecule has 2 aromatic rings. The molecule has 2 nitrogen and oxygen atoms in total. The molecule has 1 aliphatic heterocycles. The molecule has 20 heavy (non-hydrogen) atoms. The average molecular weight is 293 g/mol. The zero-order valence-electron chi connectivity index (χ0n) is 11.0. The third kappa shape index (κ3) is 2.28. The summed E-state index contributed by atoms with van der Waals surface area (Å²) in [5.74, 6) is 0.0999. The number of alkyl halides is 1. The summed E-state index contributed by atoms with van der Waals surface area (Å²) in [6.07, 6.45) is 0. The van der Waals surface area contributed by atoms with Gasteiger partial charge in [-0.1, -0.05) is 24.3 Å². The van der Waals surface area contributed by atoms with Gasteiger partial charge in [0.2, 0.25) is 0 Å². The van der Waals surface area contributed by atoms with Crippen molar-refractivity contribution in [2.24, 2.45) is 0 Å². The normalized spacial score (nSPS) is 14.9. The van der Waals surface area contributed by atoms with Gasteiger partial charge in [0.05, 0.1) is 31.3 Å². The van der Waals surface area contributed by atoms with Gasteiger partial charge >= 0.3 is 0 Å². The lowest BCUT2D eigenvalue weighted by atomic mass is 9.99. The Morgan fingerprint density at radius 3 is 2.80 bits per heavy atom. The van der Waals surface area contributed by atoms with Gasteiger partial charge in [-0.25, -0.2) is 4.39 Å². The van der Waals surface area contributed by atoms with E-state index < -0.39 is 5.38 Å². The second kappa shape index (κ2) is 5.43. The smallest absolute Gasteiger partial charge is 0.131 e. The van der Waals surface area contributed by atoms with E-state index in [9.17, 15) is 4.39 Å². The molecular formula is C16H14ClFO2. The second-order valence-electron chi connectivity index (χ2n) is 4.74. The van der Waals surface area contributed by atoms with E-state index in [0.717, 1.165) is 16.7 Å². The van der Waals surface area contributed by atoms with Crippen molar-refractivity contribution in [1.29, 1.82) is 0 Å². The van der Waals surface area contributed by atoms with Crippen LogP contribution >= 0.6 is 11.6 Å². The number of ether oxygens (including phenoxy) is 2. The highest BCUT2D eigenvalue weighted by molar-refractivity contribution is 6.22. The predicted octanol–water partition coefficient (Wildman–Crippen LogP) is 4.19. The Morgan fingerprint density at radius 2 is 2.00 bits per heavy atom. The molecular weight excluding hydrogens is 279 g/mol. The summed E-state index contributed by atoms with van der Waals surface area (Å²) in [6.45, 7) is 1.22. The topological polar surface area (TPSA) is 18.5 Å². The molecule has 0 fully saturated rings. The standard InChI is InChI=1S/C16H14ClFO2/c1-19-14-4-2-3-13(18)15(14)16(17)10-5-6-11-8-20-9-12(11)7-10/h2-7,16H,8-9H2,1H3. The Bertz CT molecular complexity index is 642. The van der Waals surface area contributed by atoms with E-state index in [1.54, 1.807) is 12.1 Å². The molecule has 4 heteroatoms. The van der Waals surface area contributed by atoms with Gasteiger partial charge in [-0.3, -0.25) is 0 Å². The molecule has 0 aliphatic carbocycles. The Morgan fingerprint density at radius 1 is 1.20 bits per heavy atom. The van der Waals surface area contributed by atoms with Crippen molar-refractivity contribution in [1.82, 2.24) is 0 Å². The first-order valence-corrected chi connectivity index (χ1v) is 6.80. The summed E-state index contributed by atoms with van der Waals surface area (Å²) in [6, 6.07) is 10.6. The van der Waals surface area contributed by atoms with E-state index in [-0.39, 0.29) is 5.82 Å². The van der Waals surface area contributed by atoms with Crippen LogP contribution in [0.2, 0.25) is 0 Å². The van der Waals surface area contributed by atoms with Gasteiger partial charge in [-0.05, 0) is 28.8 Å².